The highest BCUT2D eigenvalue weighted by Crippen LogP contribution is 2.27. The van der Waals surface area contributed by atoms with Gasteiger partial charge in [0.2, 0.25) is 0 Å². The maximum atomic E-state index is 13.0. The van der Waals surface area contributed by atoms with E-state index in [-0.39, 0.29) is 5.97 Å². The maximum absolute atomic E-state index is 13.0. The Hall–Kier alpha value is -3.14. The van der Waals surface area contributed by atoms with Crippen LogP contribution in [0.15, 0.2) is 67.1 Å². The number of hydrogen-bond donors (Lipinski definition) is 0. The Bertz CT molecular complexity index is 1090. The molecule has 0 aliphatic carbocycles. The standard InChI is InChI=1S/C23H22N2O2/c1-2-3-6-14-25-16-20(18-9-4-5-10-21(18)25)23(26)27-22-11-7-8-17-12-13-24-15-19(17)22/h4-5,7-13,15-16H,2-3,6,14H2,1H3. The monoisotopic (exact) mass is 358 g/mol. The predicted octanol–water partition coefficient (Wildman–Crippen LogP) is 5.60. The fourth-order valence-corrected chi connectivity index (χ4v) is 3.46. The van der Waals surface area contributed by atoms with E-state index in [1.54, 1.807) is 12.4 Å². The second-order valence-corrected chi connectivity index (χ2v) is 6.70. The molecule has 0 aliphatic heterocycles. The zero-order valence-electron chi connectivity index (χ0n) is 15.4. The van der Waals surface area contributed by atoms with Gasteiger partial charge in [-0.1, -0.05) is 50.1 Å². The summed E-state index contributed by atoms with van der Waals surface area (Å²) in [5.41, 5.74) is 1.67. The van der Waals surface area contributed by atoms with Gasteiger partial charge in [0, 0.05) is 41.4 Å². The highest BCUT2D eigenvalue weighted by atomic mass is 16.5. The highest BCUT2D eigenvalue weighted by molar-refractivity contribution is 6.06. The van der Waals surface area contributed by atoms with Crippen molar-refractivity contribution in [2.45, 2.75) is 32.7 Å². The molecule has 2 aromatic heterocycles. The number of fused-ring (bicyclic) bond motifs is 2. The number of hydrogen-bond acceptors (Lipinski definition) is 3. The molecule has 0 saturated carbocycles. The van der Waals surface area contributed by atoms with E-state index in [4.69, 9.17) is 4.74 Å². The van der Waals surface area contributed by atoms with Gasteiger partial charge in [0.05, 0.1) is 5.56 Å². The molecule has 4 aromatic rings. The van der Waals surface area contributed by atoms with Gasteiger partial charge in [0.1, 0.15) is 5.75 Å². The smallest absolute Gasteiger partial charge is 0.345 e. The van der Waals surface area contributed by atoms with Gasteiger partial charge >= 0.3 is 5.97 Å². The van der Waals surface area contributed by atoms with Crippen LogP contribution in [0, 0.1) is 0 Å². The van der Waals surface area contributed by atoms with Gasteiger partial charge in [0.15, 0.2) is 0 Å². The minimum atomic E-state index is -0.336. The molecule has 0 N–H and O–H groups in total. The molecule has 0 spiro atoms. The molecule has 27 heavy (non-hydrogen) atoms. The second kappa shape index (κ2) is 7.62. The summed E-state index contributed by atoms with van der Waals surface area (Å²) in [7, 11) is 0. The van der Waals surface area contributed by atoms with E-state index in [1.807, 2.05) is 48.7 Å². The minimum Gasteiger partial charge on any atom is -0.422 e. The molecule has 4 heteroatoms. The topological polar surface area (TPSA) is 44.1 Å². The maximum Gasteiger partial charge on any atom is 0.345 e. The van der Waals surface area contributed by atoms with Crippen LogP contribution < -0.4 is 4.74 Å². The van der Waals surface area contributed by atoms with Gasteiger partial charge in [-0.25, -0.2) is 4.79 Å². The second-order valence-electron chi connectivity index (χ2n) is 6.70. The van der Waals surface area contributed by atoms with E-state index >= 15 is 0 Å². The van der Waals surface area contributed by atoms with Crippen LogP contribution in [0.3, 0.4) is 0 Å². The van der Waals surface area contributed by atoms with Crippen LogP contribution in [-0.2, 0) is 6.54 Å². The average Bonchev–Trinajstić information content (AvgIpc) is 3.08. The third kappa shape index (κ3) is 3.43. The fraction of sp³-hybridized carbons (Fsp3) is 0.217. The zero-order valence-corrected chi connectivity index (χ0v) is 15.4. The molecule has 136 valence electrons. The van der Waals surface area contributed by atoms with Crippen LogP contribution in [0.5, 0.6) is 5.75 Å². The molecule has 0 atom stereocenters. The Balaban J connectivity index is 1.68. The summed E-state index contributed by atoms with van der Waals surface area (Å²) in [5.74, 6) is 0.199. The molecule has 0 unspecified atom stereocenters. The number of benzene rings is 2. The molecule has 2 heterocycles. The van der Waals surface area contributed by atoms with E-state index in [9.17, 15) is 4.79 Å². The summed E-state index contributed by atoms with van der Waals surface area (Å²) < 4.78 is 7.93. The van der Waals surface area contributed by atoms with E-state index in [0.29, 0.717) is 11.3 Å². The zero-order chi connectivity index (χ0) is 18.6. The van der Waals surface area contributed by atoms with Crippen molar-refractivity contribution in [2.24, 2.45) is 0 Å². The first-order chi connectivity index (χ1) is 13.3. The van der Waals surface area contributed by atoms with Crippen molar-refractivity contribution >= 4 is 27.6 Å². The molecule has 0 fully saturated rings. The van der Waals surface area contributed by atoms with Gasteiger partial charge in [-0.05, 0) is 30.0 Å². The molecule has 0 amide bonds. The third-order valence-electron chi connectivity index (χ3n) is 4.86. The van der Waals surface area contributed by atoms with Gasteiger partial charge in [-0.3, -0.25) is 4.98 Å². The Morgan fingerprint density at radius 3 is 2.81 bits per heavy atom. The van der Waals surface area contributed by atoms with Crippen molar-refractivity contribution in [2.75, 3.05) is 0 Å². The quantitative estimate of drug-likeness (QED) is 0.256. The number of aromatic nitrogens is 2. The summed E-state index contributed by atoms with van der Waals surface area (Å²) in [5, 5.41) is 2.76. The normalized spacial score (nSPS) is 11.1. The van der Waals surface area contributed by atoms with Crippen LogP contribution in [0.2, 0.25) is 0 Å². The van der Waals surface area contributed by atoms with Crippen molar-refractivity contribution in [1.29, 1.82) is 0 Å². The van der Waals surface area contributed by atoms with Crippen molar-refractivity contribution in [3.63, 3.8) is 0 Å². The number of carbonyl (C=O) groups is 1. The lowest BCUT2D eigenvalue weighted by molar-refractivity contribution is 0.0739. The Labute approximate surface area is 158 Å². The van der Waals surface area contributed by atoms with E-state index in [1.165, 1.54) is 12.8 Å². The van der Waals surface area contributed by atoms with Crippen LogP contribution in [-0.4, -0.2) is 15.5 Å². The number of aryl methyl sites for hydroxylation is 1. The summed E-state index contributed by atoms with van der Waals surface area (Å²) in [6.45, 7) is 3.09. The van der Waals surface area contributed by atoms with Crippen molar-refractivity contribution in [3.05, 3.63) is 72.7 Å². The molecular formula is C23H22N2O2. The first kappa shape index (κ1) is 17.3. The average molecular weight is 358 g/mol. The molecule has 0 bridgehead atoms. The fourth-order valence-electron chi connectivity index (χ4n) is 3.46. The predicted molar refractivity (Wildman–Crippen MR) is 108 cm³/mol. The van der Waals surface area contributed by atoms with Gasteiger partial charge in [-0.15, -0.1) is 0 Å². The van der Waals surface area contributed by atoms with Crippen molar-refractivity contribution in [1.82, 2.24) is 9.55 Å². The van der Waals surface area contributed by atoms with Crippen LogP contribution in [0.4, 0.5) is 0 Å². The third-order valence-corrected chi connectivity index (χ3v) is 4.86. The summed E-state index contributed by atoms with van der Waals surface area (Å²) in [6.07, 6.45) is 8.83. The number of rotatable bonds is 6. The molecule has 0 radical (unpaired) electrons. The Kier molecular flexibility index (Phi) is 4.88. The van der Waals surface area contributed by atoms with Crippen LogP contribution in [0.1, 0.15) is 36.5 Å². The molecule has 2 aromatic carbocycles. The number of carbonyl (C=O) groups excluding carboxylic acids is 1. The molecule has 4 nitrogen and oxygen atoms in total. The van der Waals surface area contributed by atoms with Gasteiger partial charge < -0.3 is 9.30 Å². The van der Waals surface area contributed by atoms with Crippen molar-refractivity contribution in [3.8, 4) is 5.75 Å². The molecule has 0 aliphatic rings. The lowest BCUT2D eigenvalue weighted by atomic mass is 10.1. The lowest BCUT2D eigenvalue weighted by Crippen LogP contribution is -2.08. The van der Waals surface area contributed by atoms with E-state index in [2.05, 4.69) is 22.5 Å². The highest BCUT2D eigenvalue weighted by Gasteiger charge is 2.17. The van der Waals surface area contributed by atoms with Gasteiger partial charge in [0.25, 0.3) is 0 Å². The largest absolute Gasteiger partial charge is 0.422 e. The number of ether oxygens (including phenoxy) is 1. The first-order valence-electron chi connectivity index (χ1n) is 9.40. The van der Waals surface area contributed by atoms with Crippen LogP contribution in [0.25, 0.3) is 21.7 Å². The van der Waals surface area contributed by atoms with Crippen molar-refractivity contribution < 1.29 is 9.53 Å². The Morgan fingerprint density at radius 1 is 1.04 bits per heavy atom. The number of para-hydroxylation sites is 1. The number of nitrogens with zero attached hydrogens (tertiary/aromatic N) is 2. The molecule has 4 rings (SSSR count). The summed E-state index contributed by atoms with van der Waals surface area (Å²) >= 11 is 0. The summed E-state index contributed by atoms with van der Waals surface area (Å²) in [4.78, 5) is 17.1. The van der Waals surface area contributed by atoms with E-state index < -0.39 is 0 Å². The Morgan fingerprint density at radius 2 is 1.93 bits per heavy atom. The minimum absolute atomic E-state index is 0.336. The number of esters is 1. The van der Waals surface area contributed by atoms with Crippen LogP contribution >= 0.6 is 0 Å². The first-order valence-corrected chi connectivity index (χ1v) is 9.40. The molecular weight excluding hydrogens is 336 g/mol. The van der Waals surface area contributed by atoms with E-state index in [0.717, 1.165) is 34.6 Å². The number of pyridine rings is 1. The lowest BCUT2D eigenvalue weighted by Gasteiger charge is -2.06. The number of unbranched alkanes of at least 4 members (excludes halogenated alkanes) is 2. The summed E-state index contributed by atoms with van der Waals surface area (Å²) in [6, 6.07) is 15.6. The molecule has 0 saturated heterocycles. The SMILES string of the molecule is CCCCCn1cc(C(=O)Oc2cccc3ccncc23)c2ccccc21. The van der Waals surface area contributed by atoms with Gasteiger partial charge in [-0.2, -0.15) is 0 Å².